The number of nitrogens with one attached hydrogen (secondary N) is 2. The number of amides is 1. The summed E-state index contributed by atoms with van der Waals surface area (Å²) in [5.74, 6) is 0.505. The molecule has 2 N–H and O–H groups in total. The molecule has 0 saturated heterocycles. The molecule has 116 valence electrons. The first-order chi connectivity index (χ1) is 11.2. The van der Waals surface area contributed by atoms with Crippen molar-refractivity contribution in [3.05, 3.63) is 58.2 Å². The molecule has 1 aromatic carbocycles. The lowest BCUT2D eigenvalue weighted by atomic mass is 10.1. The van der Waals surface area contributed by atoms with Crippen molar-refractivity contribution in [2.75, 3.05) is 5.32 Å². The van der Waals surface area contributed by atoms with E-state index in [9.17, 15) is 4.79 Å². The van der Waals surface area contributed by atoms with Gasteiger partial charge in [-0.3, -0.25) is 4.79 Å². The number of anilines is 1. The number of nitriles is 1. The van der Waals surface area contributed by atoms with E-state index in [4.69, 9.17) is 16.9 Å². The molecule has 0 unspecified atom stereocenters. The third-order valence-corrected chi connectivity index (χ3v) is 3.85. The van der Waals surface area contributed by atoms with Crippen LogP contribution in [-0.4, -0.2) is 16.9 Å². The molecule has 0 atom stereocenters. The lowest BCUT2D eigenvalue weighted by molar-refractivity contribution is 0.0951. The molecule has 1 aromatic heterocycles. The fourth-order valence-electron chi connectivity index (χ4n) is 2.09. The van der Waals surface area contributed by atoms with Gasteiger partial charge in [0, 0.05) is 24.3 Å². The maximum atomic E-state index is 11.9. The number of aromatic nitrogens is 1. The predicted octanol–water partition coefficient (Wildman–Crippen LogP) is 3.11. The minimum absolute atomic E-state index is 0.0242. The molecule has 1 aliphatic carbocycles. The Hall–Kier alpha value is -2.58. The van der Waals surface area contributed by atoms with Crippen molar-refractivity contribution in [2.24, 2.45) is 0 Å². The Morgan fingerprint density at radius 1 is 1.35 bits per heavy atom. The predicted molar refractivity (Wildman–Crippen MR) is 88.2 cm³/mol. The van der Waals surface area contributed by atoms with E-state index in [0.717, 1.165) is 18.4 Å². The van der Waals surface area contributed by atoms with Crippen molar-refractivity contribution in [1.29, 1.82) is 5.26 Å². The lowest BCUT2D eigenvalue weighted by Crippen LogP contribution is -2.25. The summed E-state index contributed by atoms with van der Waals surface area (Å²) in [7, 11) is 0. The van der Waals surface area contributed by atoms with Crippen LogP contribution in [0, 0.1) is 11.3 Å². The van der Waals surface area contributed by atoms with Crippen molar-refractivity contribution in [2.45, 2.75) is 25.4 Å². The second-order valence-corrected chi connectivity index (χ2v) is 5.87. The number of rotatable bonds is 5. The normalized spacial score (nSPS) is 13.2. The molecule has 6 heteroatoms. The lowest BCUT2D eigenvalue weighted by Gasteiger charge is -2.08. The highest BCUT2D eigenvalue weighted by molar-refractivity contribution is 6.33. The monoisotopic (exact) mass is 326 g/mol. The van der Waals surface area contributed by atoms with E-state index < -0.39 is 0 Å². The standard InChI is InChI=1S/C17H15ClN4O/c18-15-7-12(8-19)10-21-16(15)20-9-11-1-3-13(4-2-11)17(23)22-14-5-6-14/h1-4,7,10,14H,5-6,9H2,(H,20,21)(H,22,23). The number of nitrogens with zero attached hydrogens (tertiary/aromatic N) is 2. The van der Waals surface area contributed by atoms with Crippen LogP contribution in [0.1, 0.15) is 34.3 Å². The van der Waals surface area contributed by atoms with Gasteiger partial charge in [-0.25, -0.2) is 4.98 Å². The first-order valence-corrected chi connectivity index (χ1v) is 7.73. The molecular weight excluding hydrogens is 312 g/mol. The number of benzene rings is 1. The van der Waals surface area contributed by atoms with Crippen LogP contribution in [0.5, 0.6) is 0 Å². The van der Waals surface area contributed by atoms with E-state index in [1.165, 1.54) is 6.20 Å². The first kappa shape index (κ1) is 15.3. The molecule has 1 aliphatic rings. The fraction of sp³-hybridized carbons (Fsp3) is 0.235. The number of halogens is 1. The second-order valence-electron chi connectivity index (χ2n) is 5.46. The van der Waals surface area contributed by atoms with Crippen LogP contribution in [0.2, 0.25) is 5.02 Å². The summed E-state index contributed by atoms with van der Waals surface area (Å²) >= 11 is 6.07. The summed E-state index contributed by atoms with van der Waals surface area (Å²) in [6.07, 6.45) is 3.62. The summed E-state index contributed by atoms with van der Waals surface area (Å²) in [6, 6.07) is 11.3. The maximum Gasteiger partial charge on any atom is 0.251 e. The van der Waals surface area contributed by atoms with Crippen LogP contribution in [0.15, 0.2) is 36.5 Å². The van der Waals surface area contributed by atoms with Gasteiger partial charge in [-0.2, -0.15) is 5.26 Å². The summed E-state index contributed by atoms with van der Waals surface area (Å²) in [5, 5.41) is 15.3. The molecule has 1 heterocycles. The van der Waals surface area contributed by atoms with Gasteiger partial charge in [0.2, 0.25) is 0 Å². The van der Waals surface area contributed by atoms with Gasteiger partial charge in [0.1, 0.15) is 11.9 Å². The van der Waals surface area contributed by atoms with E-state index in [2.05, 4.69) is 15.6 Å². The zero-order valence-electron chi connectivity index (χ0n) is 12.3. The minimum Gasteiger partial charge on any atom is -0.365 e. The highest BCUT2D eigenvalue weighted by Gasteiger charge is 2.23. The summed E-state index contributed by atoms with van der Waals surface area (Å²) < 4.78 is 0. The van der Waals surface area contributed by atoms with Gasteiger partial charge in [-0.05, 0) is 36.6 Å². The fourth-order valence-corrected chi connectivity index (χ4v) is 2.32. The smallest absolute Gasteiger partial charge is 0.251 e. The Balaban J connectivity index is 1.60. The van der Waals surface area contributed by atoms with Gasteiger partial charge in [0.25, 0.3) is 5.91 Å². The van der Waals surface area contributed by atoms with Crippen LogP contribution in [0.25, 0.3) is 0 Å². The molecule has 0 aliphatic heterocycles. The Bertz CT molecular complexity index is 763. The first-order valence-electron chi connectivity index (χ1n) is 7.35. The van der Waals surface area contributed by atoms with E-state index in [0.29, 0.717) is 34.6 Å². The topological polar surface area (TPSA) is 77.8 Å². The largest absolute Gasteiger partial charge is 0.365 e. The quantitative estimate of drug-likeness (QED) is 0.885. The van der Waals surface area contributed by atoms with Crippen molar-refractivity contribution >= 4 is 23.3 Å². The van der Waals surface area contributed by atoms with Crippen molar-refractivity contribution in [3.63, 3.8) is 0 Å². The van der Waals surface area contributed by atoms with Crippen LogP contribution in [0.3, 0.4) is 0 Å². The van der Waals surface area contributed by atoms with Gasteiger partial charge in [0.15, 0.2) is 0 Å². The van der Waals surface area contributed by atoms with E-state index >= 15 is 0 Å². The van der Waals surface area contributed by atoms with Crippen LogP contribution >= 0.6 is 11.6 Å². The second kappa shape index (κ2) is 6.67. The number of pyridine rings is 1. The average molecular weight is 327 g/mol. The van der Waals surface area contributed by atoms with Crippen LogP contribution in [0.4, 0.5) is 5.82 Å². The third kappa shape index (κ3) is 3.99. The number of carbonyl (C=O) groups is 1. The van der Waals surface area contributed by atoms with E-state index in [-0.39, 0.29) is 5.91 Å². The Labute approximate surface area is 139 Å². The molecule has 1 saturated carbocycles. The summed E-state index contributed by atoms with van der Waals surface area (Å²) in [5.41, 5.74) is 2.09. The average Bonchev–Trinajstić information content (AvgIpc) is 3.38. The van der Waals surface area contributed by atoms with Gasteiger partial charge in [-0.1, -0.05) is 23.7 Å². The molecule has 0 spiro atoms. The molecule has 23 heavy (non-hydrogen) atoms. The maximum absolute atomic E-state index is 11.9. The Morgan fingerprint density at radius 3 is 2.70 bits per heavy atom. The highest BCUT2D eigenvalue weighted by atomic mass is 35.5. The van der Waals surface area contributed by atoms with E-state index in [1.807, 2.05) is 30.3 Å². The van der Waals surface area contributed by atoms with Crippen molar-refractivity contribution in [3.8, 4) is 6.07 Å². The molecule has 0 radical (unpaired) electrons. The zero-order valence-corrected chi connectivity index (χ0v) is 13.1. The zero-order chi connectivity index (χ0) is 16.2. The van der Waals surface area contributed by atoms with Crippen LogP contribution < -0.4 is 10.6 Å². The van der Waals surface area contributed by atoms with Crippen LogP contribution in [-0.2, 0) is 6.54 Å². The SMILES string of the molecule is N#Cc1cnc(NCc2ccc(C(=O)NC3CC3)cc2)c(Cl)c1. The number of hydrogen-bond acceptors (Lipinski definition) is 4. The number of carbonyl (C=O) groups excluding carboxylic acids is 1. The Morgan fingerprint density at radius 2 is 2.09 bits per heavy atom. The molecular formula is C17H15ClN4O. The number of hydrogen-bond donors (Lipinski definition) is 2. The Kier molecular flexibility index (Phi) is 4.45. The molecule has 5 nitrogen and oxygen atoms in total. The van der Waals surface area contributed by atoms with Gasteiger partial charge in [-0.15, -0.1) is 0 Å². The summed E-state index contributed by atoms with van der Waals surface area (Å²) in [6.45, 7) is 0.531. The third-order valence-electron chi connectivity index (χ3n) is 3.56. The molecule has 2 aromatic rings. The van der Waals surface area contributed by atoms with Gasteiger partial charge < -0.3 is 10.6 Å². The summed E-state index contributed by atoms with van der Waals surface area (Å²) in [4.78, 5) is 16.0. The minimum atomic E-state index is -0.0242. The van der Waals surface area contributed by atoms with Crippen molar-refractivity contribution in [1.82, 2.24) is 10.3 Å². The molecule has 3 rings (SSSR count). The molecule has 0 bridgehead atoms. The molecule has 1 amide bonds. The van der Waals surface area contributed by atoms with Crippen molar-refractivity contribution < 1.29 is 4.79 Å². The highest BCUT2D eigenvalue weighted by Crippen LogP contribution is 2.21. The van der Waals surface area contributed by atoms with Gasteiger partial charge in [0.05, 0.1) is 10.6 Å². The molecule has 1 fully saturated rings. The van der Waals surface area contributed by atoms with Gasteiger partial charge >= 0.3 is 0 Å². The van der Waals surface area contributed by atoms with E-state index in [1.54, 1.807) is 6.07 Å².